The average Bonchev–Trinajstić information content (AvgIpc) is 2.16. The van der Waals surface area contributed by atoms with Gasteiger partial charge in [-0.05, 0) is 40.6 Å². The number of nitrogens with one attached hydrogen (secondary N) is 1. The van der Waals surface area contributed by atoms with Gasteiger partial charge in [0.1, 0.15) is 0 Å². The van der Waals surface area contributed by atoms with E-state index in [2.05, 4.69) is 27.9 Å². The van der Waals surface area contributed by atoms with Crippen molar-refractivity contribution in [2.24, 2.45) is 5.92 Å². The van der Waals surface area contributed by atoms with E-state index in [-0.39, 0.29) is 6.10 Å². The van der Waals surface area contributed by atoms with Crippen LogP contribution in [0, 0.1) is 9.49 Å². The predicted octanol–water partition coefficient (Wildman–Crippen LogP) is 2.72. The Hall–Kier alpha value is -0.290. The van der Waals surface area contributed by atoms with E-state index in [1.165, 1.54) is 3.57 Å². The van der Waals surface area contributed by atoms with Gasteiger partial charge in [0, 0.05) is 15.8 Å². The molecule has 0 amide bonds. The summed E-state index contributed by atoms with van der Waals surface area (Å²) in [6.07, 6.45) is -0.286. The van der Waals surface area contributed by atoms with E-state index < -0.39 is 0 Å². The van der Waals surface area contributed by atoms with Gasteiger partial charge in [-0.1, -0.05) is 26.0 Å². The molecule has 0 saturated carbocycles. The summed E-state index contributed by atoms with van der Waals surface area (Å²) in [7, 11) is 0. The molecule has 0 bridgehead atoms. The second kappa shape index (κ2) is 5.56. The van der Waals surface area contributed by atoms with Crippen LogP contribution in [0.5, 0.6) is 0 Å². The molecule has 0 fully saturated rings. The minimum Gasteiger partial charge on any atom is -0.391 e. The minimum atomic E-state index is -0.286. The Kier molecular flexibility index (Phi) is 4.68. The van der Waals surface area contributed by atoms with Crippen molar-refractivity contribution in [2.75, 3.05) is 11.9 Å². The van der Waals surface area contributed by atoms with E-state index in [4.69, 9.17) is 0 Å². The van der Waals surface area contributed by atoms with Crippen LogP contribution in [0.2, 0.25) is 0 Å². The molecule has 0 aliphatic heterocycles. The van der Waals surface area contributed by atoms with Gasteiger partial charge in [-0.15, -0.1) is 0 Å². The second-order valence-electron chi connectivity index (χ2n) is 3.67. The van der Waals surface area contributed by atoms with Crippen LogP contribution in [0.15, 0.2) is 24.3 Å². The second-order valence-corrected chi connectivity index (χ2v) is 4.83. The van der Waals surface area contributed by atoms with Crippen molar-refractivity contribution in [3.63, 3.8) is 0 Å². The first-order chi connectivity index (χ1) is 6.61. The number of aliphatic hydroxyl groups is 1. The number of hydrogen-bond acceptors (Lipinski definition) is 2. The Morgan fingerprint density at radius 2 is 2.00 bits per heavy atom. The number of benzene rings is 1. The van der Waals surface area contributed by atoms with Crippen molar-refractivity contribution in [1.29, 1.82) is 0 Å². The molecule has 2 N–H and O–H groups in total. The lowest BCUT2D eigenvalue weighted by Gasteiger charge is -2.16. The van der Waals surface area contributed by atoms with Crippen molar-refractivity contribution in [2.45, 2.75) is 20.0 Å². The third-order valence-electron chi connectivity index (χ3n) is 2.15. The van der Waals surface area contributed by atoms with Gasteiger partial charge in [0.05, 0.1) is 6.10 Å². The molecule has 0 heterocycles. The fourth-order valence-electron chi connectivity index (χ4n) is 1.05. The molecule has 0 aliphatic carbocycles. The van der Waals surface area contributed by atoms with E-state index in [1.54, 1.807) is 0 Å². The molecule has 3 heteroatoms. The van der Waals surface area contributed by atoms with Crippen LogP contribution >= 0.6 is 22.6 Å². The number of rotatable bonds is 4. The maximum absolute atomic E-state index is 9.61. The Morgan fingerprint density at radius 1 is 1.36 bits per heavy atom. The fraction of sp³-hybridized carbons (Fsp3) is 0.455. The highest BCUT2D eigenvalue weighted by Crippen LogP contribution is 2.17. The van der Waals surface area contributed by atoms with Gasteiger partial charge in [0.25, 0.3) is 0 Å². The lowest BCUT2D eigenvalue weighted by atomic mass is 10.1. The zero-order chi connectivity index (χ0) is 10.6. The zero-order valence-electron chi connectivity index (χ0n) is 8.50. The minimum absolute atomic E-state index is 0.286. The maximum Gasteiger partial charge on any atom is 0.0735 e. The highest BCUT2D eigenvalue weighted by Gasteiger charge is 2.08. The molecule has 1 unspecified atom stereocenters. The summed E-state index contributed by atoms with van der Waals surface area (Å²) in [4.78, 5) is 0. The molecule has 1 rings (SSSR count). The molecule has 1 aromatic rings. The molecule has 78 valence electrons. The number of anilines is 1. The number of para-hydroxylation sites is 1. The highest BCUT2D eigenvalue weighted by atomic mass is 127. The quantitative estimate of drug-likeness (QED) is 0.838. The smallest absolute Gasteiger partial charge is 0.0735 e. The van der Waals surface area contributed by atoms with Crippen LogP contribution in [0.4, 0.5) is 5.69 Å². The van der Waals surface area contributed by atoms with E-state index in [0.29, 0.717) is 12.5 Å². The van der Waals surface area contributed by atoms with Crippen molar-refractivity contribution in [3.8, 4) is 0 Å². The number of halogens is 1. The lowest BCUT2D eigenvalue weighted by molar-refractivity contribution is 0.138. The molecule has 0 aliphatic rings. The monoisotopic (exact) mass is 305 g/mol. The van der Waals surface area contributed by atoms with E-state index in [9.17, 15) is 5.11 Å². The molecule has 1 atom stereocenters. The van der Waals surface area contributed by atoms with Crippen LogP contribution < -0.4 is 5.32 Å². The Labute approximate surface area is 98.9 Å². The average molecular weight is 305 g/mol. The van der Waals surface area contributed by atoms with Gasteiger partial charge in [-0.25, -0.2) is 0 Å². The van der Waals surface area contributed by atoms with Gasteiger partial charge >= 0.3 is 0 Å². The van der Waals surface area contributed by atoms with Gasteiger partial charge < -0.3 is 10.4 Å². The standard InChI is InChI=1S/C11H16INO/c1-8(2)11(14)7-13-10-6-4-3-5-9(10)12/h3-6,8,11,13-14H,7H2,1-2H3. The van der Waals surface area contributed by atoms with Crippen molar-refractivity contribution in [3.05, 3.63) is 27.8 Å². The van der Waals surface area contributed by atoms with Crippen molar-refractivity contribution < 1.29 is 5.11 Å². The normalized spacial score (nSPS) is 12.9. The largest absolute Gasteiger partial charge is 0.391 e. The van der Waals surface area contributed by atoms with E-state index in [1.807, 2.05) is 38.1 Å². The third kappa shape index (κ3) is 3.46. The van der Waals surface area contributed by atoms with Gasteiger partial charge in [0.2, 0.25) is 0 Å². The fourth-order valence-corrected chi connectivity index (χ4v) is 1.63. The van der Waals surface area contributed by atoms with Gasteiger partial charge in [0.15, 0.2) is 0 Å². The van der Waals surface area contributed by atoms with Crippen LogP contribution in [0.3, 0.4) is 0 Å². The molecule has 0 radical (unpaired) electrons. The van der Waals surface area contributed by atoms with Gasteiger partial charge in [-0.3, -0.25) is 0 Å². The predicted molar refractivity (Wildman–Crippen MR) is 68.5 cm³/mol. The molecule has 2 nitrogen and oxygen atoms in total. The summed E-state index contributed by atoms with van der Waals surface area (Å²) in [6, 6.07) is 8.07. The summed E-state index contributed by atoms with van der Waals surface area (Å²) >= 11 is 2.28. The summed E-state index contributed by atoms with van der Waals surface area (Å²) in [6.45, 7) is 4.64. The summed E-state index contributed by atoms with van der Waals surface area (Å²) in [5, 5.41) is 12.9. The SMILES string of the molecule is CC(C)C(O)CNc1ccccc1I. The van der Waals surface area contributed by atoms with Crippen LogP contribution in [0.1, 0.15) is 13.8 Å². The Bertz CT molecular complexity index is 288. The topological polar surface area (TPSA) is 32.3 Å². The summed E-state index contributed by atoms with van der Waals surface area (Å²) < 4.78 is 1.18. The van der Waals surface area contributed by atoms with Gasteiger partial charge in [-0.2, -0.15) is 0 Å². The van der Waals surface area contributed by atoms with Crippen LogP contribution in [0.25, 0.3) is 0 Å². The summed E-state index contributed by atoms with van der Waals surface area (Å²) in [5.74, 6) is 0.295. The first-order valence-corrected chi connectivity index (χ1v) is 5.85. The first-order valence-electron chi connectivity index (χ1n) is 4.77. The summed E-state index contributed by atoms with van der Waals surface area (Å²) in [5.41, 5.74) is 1.09. The number of aliphatic hydroxyl groups excluding tert-OH is 1. The molecule has 1 aromatic carbocycles. The molecular weight excluding hydrogens is 289 g/mol. The molecule has 0 saturated heterocycles. The Morgan fingerprint density at radius 3 is 2.57 bits per heavy atom. The lowest BCUT2D eigenvalue weighted by Crippen LogP contribution is -2.24. The first kappa shape index (κ1) is 11.8. The van der Waals surface area contributed by atoms with Crippen molar-refractivity contribution in [1.82, 2.24) is 0 Å². The zero-order valence-corrected chi connectivity index (χ0v) is 10.7. The molecule has 0 aromatic heterocycles. The Balaban J connectivity index is 2.50. The van der Waals surface area contributed by atoms with Crippen LogP contribution in [-0.2, 0) is 0 Å². The highest BCUT2D eigenvalue weighted by molar-refractivity contribution is 14.1. The number of hydrogen-bond donors (Lipinski definition) is 2. The van der Waals surface area contributed by atoms with Crippen LogP contribution in [-0.4, -0.2) is 17.8 Å². The van der Waals surface area contributed by atoms with Crippen molar-refractivity contribution >= 4 is 28.3 Å². The van der Waals surface area contributed by atoms with E-state index >= 15 is 0 Å². The van der Waals surface area contributed by atoms with E-state index in [0.717, 1.165) is 5.69 Å². The molecule has 0 spiro atoms. The molecule has 14 heavy (non-hydrogen) atoms. The third-order valence-corrected chi connectivity index (χ3v) is 3.09. The maximum atomic E-state index is 9.61. The molecular formula is C11H16INO.